The lowest BCUT2D eigenvalue weighted by molar-refractivity contribution is 0.123. The minimum Gasteiger partial charge on any atom is -0.396 e. The summed E-state index contributed by atoms with van der Waals surface area (Å²) >= 11 is 0. The molecular formula is C14H21FN2O3S. The zero-order valence-electron chi connectivity index (χ0n) is 12.1. The van der Waals surface area contributed by atoms with Crippen molar-refractivity contribution in [2.45, 2.75) is 31.1 Å². The molecule has 0 heterocycles. The number of nitrogen functional groups attached to an aromatic ring is 1. The van der Waals surface area contributed by atoms with Crippen LogP contribution in [0.25, 0.3) is 0 Å². The van der Waals surface area contributed by atoms with Crippen LogP contribution < -0.4 is 10.5 Å². The van der Waals surface area contributed by atoms with Crippen molar-refractivity contribution in [2.24, 2.45) is 5.92 Å². The summed E-state index contributed by atoms with van der Waals surface area (Å²) in [6.45, 7) is 3.11. The highest BCUT2D eigenvalue weighted by Gasteiger charge is 2.21. The third-order valence-electron chi connectivity index (χ3n) is 3.39. The molecule has 0 aromatic heterocycles. The van der Waals surface area contributed by atoms with E-state index in [4.69, 9.17) is 10.5 Å². The van der Waals surface area contributed by atoms with Crippen LogP contribution in [0.15, 0.2) is 17.0 Å². The van der Waals surface area contributed by atoms with Crippen LogP contribution in [0, 0.1) is 18.7 Å². The van der Waals surface area contributed by atoms with E-state index in [1.54, 1.807) is 0 Å². The number of sulfonamides is 1. The van der Waals surface area contributed by atoms with Gasteiger partial charge in [-0.1, -0.05) is 0 Å². The van der Waals surface area contributed by atoms with Crippen molar-refractivity contribution >= 4 is 15.7 Å². The molecule has 1 aromatic carbocycles. The van der Waals surface area contributed by atoms with Gasteiger partial charge in [-0.2, -0.15) is 0 Å². The van der Waals surface area contributed by atoms with E-state index in [-0.39, 0.29) is 17.1 Å². The molecule has 0 atom stereocenters. The Morgan fingerprint density at radius 3 is 2.81 bits per heavy atom. The van der Waals surface area contributed by atoms with E-state index in [0.717, 1.165) is 18.7 Å². The summed E-state index contributed by atoms with van der Waals surface area (Å²) in [5.74, 6) is 0.0893. The number of rotatable bonds is 8. The number of aryl methyl sites for hydroxylation is 1. The Morgan fingerprint density at radius 2 is 2.14 bits per heavy atom. The molecular weight excluding hydrogens is 295 g/mol. The van der Waals surface area contributed by atoms with Gasteiger partial charge in [0.1, 0.15) is 5.82 Å². The average Bonchev–Trinajstić information content (AvgIpc) is 3.22. The van der Waals surface area contributed by atoms with Crippen LogP contribution >= 0.6 is 0 Å². The van der Waals surface area contributed by atoms with Crippen molar-refractivity contribution in [3.8, 4) is 0 Å². The summed E-state index contributed by atoms with van der Waals surface area (Å²) in [4.78, 5) is 0.0142. The highest BCUT2D eigenvalue weighted by atomic mass is 32.2. The predicted octanol–water partition coefficient (Wildman–Crippen LogP) is 1.81. The topological polar surface area (TPSA) is 81.4 Å². The van der Waals surface area contributed by atoms with Gasteiger partial charge in [0.25, 0.3) is 0 Å². The maximum atomic E-state index is 13.3. The van der Waals surface area contributed by atoms with Gasteiger partial charge in [0, 0.05) is 19.8 Å². The molecule has 7 heteroatoms. The third kappa shape index (κ3) is 4.66. The highest BCUT2D eigenvalue weighted by Crippen LogP contribution is 2.28. The molecule has 0 unspecified atom stereocenters. The molecule has 21 heavy (non-hydrogen) atoms. The number of nitrogens with two attached hydrogens (primary N) is 1. The molecule has 2 rings (SSSR count). The Labute approximate surface area is 124 Å². The Balaban J connectivity index is 1.84. The number of nitrogens with one attached hydrogen (secondary N) is 1. The van der Waals surface area contributed by atoms with Gasteiger partial charge < -0.3 is 10.5 Å². The van der Waals surface area contributed by atoms with E-state index in [9.17, 15) is 12.8 Å². The van der Waals surface area contributed by atoms with Crippen molar-refractivity contribution in [1.29, 1.82) is 0 Å². The summed E-state index contributed by atoms with van der Waals surface area (Å²) in [6, 6.07) is 2.28. The van der Waals surface area contributed by atoms with E-state index in [1.165, 1.54) is 19.8 Å². The number of benzene rings is 1. The summed E-state index contributed by atoms with van der Waals surface area (Å²) in [6.07, 6.45) is 3.07. The molecule has 118 valence electrons. The molecule has 0 aliphatic heterocycles. The molecule has 3 N–H and O–H groups in total. The van der Waals surface area contributed by atoms with Crippen molar-refractivity contribution in [2.75, 3.05) is 25.5 Å². The van der Waals surface area contributed by atoms with Gasteiger partial charge >= 0.3 is 0 Å². The summed E-state index contributed by atoms with van der Waals surface area (Å²) in [7, 11) is -3.67. The summed E-state index contributed by atoms with van der Waals surface area (Å²) < 4.78 is 45.4. The fourth-order valence-corrected chi connectivity index (χ4v) is 3.28. The lowest BCUT2D eigenvalue weighted by Gasteiger charge is -2.10. The molecule has 0 amide bonds. The molecule has 0 spiro atoms. The molecule has 1 aromatic rings. The van der Waals surface area contributed by atoms with Gasteiger partial charge in [-0.05, 0) is 49.8 Å². The van der Waals surface area contributed by atoms with Crippen LogP contribution in [-0.2, 0) is 14.8 Å². The lowest BCUT2D eigenvalue weighted by Crippen LogP contribution is -2.26. The maximum absolute atomic E-state index is 13.3. The van der Waals surface area contributed by atoms with Gasteiger partial charge in [0.05, 0.1) is 10.6 Å². The molecule has 0 radical (unpaired) electrons. The minimum atomic E-state index is -3.67. The van der Waals surface area contributed by atoms with Crippen LogP contribution in [0.3, 0.4) is 0 Å². The first-order valence-electron chi connectivity index (χ1n) is 7.03. The second-order valence-corrected chi connectivity index (χ2v) is 7.14. The Kier molecular flexibility index (Phi) is 5.18. The first-order chi connectivity index (χ1) is 9.90. The second-order valence-electron chi connectivity index (χ2n) is 5.41. The van der Waals surface area contributed by atoms with Crippen LogP contribution in [0.4, 0.5) is 10.1 Å². The Hall–Kier alpha value is -1.18. The van der Waals surface area contributed by atoms with Crippen LogP contribution in [0.5, 0.6) is 0 Å². The van der Waals surface area contributed by atoms with Gasteiger partial charge in [-0.15, -0.1) is 0 Å². The summed E-state index contributed by atoms with van der Waals surface area (Å²) in [5.41, 5.74) is 5.59. The second kappa shape index (κ2) is 6.72. The van der Waals surface area contributed by atoms with Gasteiger partial charge in [-0.3, -0.25) is 0 Å². The van der Waals surface area contributed by atoms with Crippen LogP contribution in [0.1, 0.15) is 24.8 Å². The summed E-state index contributed by atoms with van der Waals surface area (Å²) in [5, 5.41) is 0. The molecule has 1 aliphatic carbocycles. The predicted molar refractivity (Wildman–Crippen MR) is 78.9 cm³/mol. The first-order valence-corrected chi connectivity index (χ1v) is 8.51. The molecule has 1 fully saturated rings. The molecule has 0 saturated heterocycles. The fraction of sp³-hybridized carbons (Fsp3) is 0.571. The molecule has 1 saturated carbocycles. The largest absolute Gasteiger partial charge is 0.396 e. The fourth-order valence-electron chi connectivity index (χ4n) is 1.95. The zero-order chi connectivity index (χ0) is 15.5. The van der Waals surface area contributed by atoms with Gasteiger partial charge in [-0.25, -0.2) is 17.5 Å². The van der Waals surface area contributed by atoms with Gasteiger partial charge in [0.2, 0.25) is 10.0 Å². The van der Waals surface area contributed by atoms with E-state index in [1.807, 2.05) is 0 Å². The minimum absolute atomic E-state index is 0.0142. The number of halogens is 1. The zero-order valence-corrected chi connectivity index (χ0v) is 12.9. The van der Waals surface area contributed by atoms with E-state index in [0.29, 0.717) is 24.5 Å². The number of hydrogen-bond donors (Lipinski definition) is 2. The SMILES string of the molecule is Cc1cc(F)c(N)cc1S(=O)(=O)NCCCOCC1CC1. The van der Waals surface area contributed by atoms with Gasteiger partial charge in [0.15, 0.2) is 0 Å². The first kappa shape index (κ1) is 16.2. The van der Waals surface area contributed by atoms with E-state index >= 15 is 0 Å². The van der Waals surface area contributed by atoms with E-state index < -0.39 is 15.8 Å². The standard InChI is InChI=1S/C14H21FN2O3S/c1-10-7-12(15)13(16)8-14(10)21(18,19)17-5-2-6-20-9-11-3-4-11/h7-8,11,17H,2-6,9,16H2,1H3. The number of anilines is 1. The van der Waals surface area contributed by atoms with Crippen LogP contribution in [-0.4, -0.2) is 28.2 Å². The van der Waals surface area contributed by atoms with E-state index in [2.05, 4.69) is 4.72 Å². The average molecular weight is 316 g/mol. The van der Waals surface area contributed by atoms with Crippen molar-refractivity contribution in [3.05, 3.63) is 23.5 Å². The lowest BCUT2D eigenvalue weighted by atomic mass is 10.2. The van der Waals surface area contributed by atoms with Crippen molar-refractivity contribution < 1.29 is 17.5 Å². The Bertz CT molecular complexity index is 600. The normalized spacial score (nSPS) is 15.3. The van der Waals surface area contributed by atoms with Crippen molar-refractivity contribution in [1.82, 2.24) is 4.72 Å². The number of ether oxygens (including phenoxy) is 1. The molecule has 0 bridgehead atoms. The van der Waals surface area contributed by atoms with Crippen molar-refractivity contribution in [3.63, 3.8) is 0 Å². The third-order valence-corrected chi connectivity index (χ3v) is 4.99. The quantitative estimate of drug-likeness (QED) is 0.566. The van der Waals surface area contributed by atoms with Crippen LogP contribution in [0.2, 0.25) is 0 Å². The monoisotopic (exact) mass is 316 g/mol. The molecule has 1 aliphatic rings. The number of hydrogen-bond acceptors (Lipinski definition) is 4. The highest BCUT2D eigenvalue weighted by molar-refractivity contribution is 7.89. The maximum Gasteiger partial charge on any atom is 0.240 e. The Morgan fingerprint density at radius 1 is 1.43 bits per heavy atom. The molecule has 5 nitrogen and oxygen atoms in total. The smallest absolute Gasteiger partial charge is 0.240 e.